The highest BCUT2D eigenvalue weighted by molar-refractivity contribution is 6.04. The molecular formula is C33H33F2N3O4. The van der Waals surface area contributed by atoms with Gasteiger partial charge in [-0.05, 0) is 79.5 Å². The van der Waals surface area contributed by atoms with Gasteiger partial charge < -0.3 is 19.1 Å². The van der Waals surface area contributed by atoms with Crippen molar-refractivity contribution in [3.63, 3.8) is 0 Å². The highest BCUT2D eigenvalue weighted by atomic mass is 19.1. The van der Waals surface area contributed by atoms with Gasteiger partial charge in [0.25, 0.3) is 0 Å². The number of aromatic nitrogens is 3. The standard InChI is InChI=1S/C33H33F2N3O4/c1-3-26-30-27(37(2)36-26)19-41-16-5-4-15-38-31-24(13-14-25(35)29(30)31)23(32(38)33(39)40)9-7-17-42-28-10-6-8-20-18-21(34)11-12-22(20)28/h6,8,10-14,18H,3-5,7,9,15-17,19H2,1-2H3,(H,39,40). The predicted octanol–water partition coefficient (Wildman–Crippen LogP) is 7.06. The van der Waals surface area contributed by atoms with E-state index in [1.54, 1.807) is 21.4 Å². The van der Waals surface area contributed by atoms with Crippen LogP contribution in [0, 0.1) is 11.6 Å². The Morgan fingerprint density at radius 1 is 1.10 bits per heavy atom. The van der Waals surface area contributed by atoms with E-state index in [2.05, 4.69) is 5.10 Å². The van der Waals surface area contributed by atoms with E-state index >= 15 is 4.39 Å². The molecule has 0 fully saturated rings. The van der Waals surface area contributed by atoms with E-state index in [0.29, 0.717) is 80.0 Å². The quantitative estimate of drug-likeness (QED) is 0.211. The number of carbonyl (C=O) groups is 1. The van der Waals surface area contributed by atoms with Crippen molar-refractivity contribution in [3.05, 3.63) is 82.8 Å². The van der Waals surface area contributed by atoms with Gasteiger partial charge in [-0.3, -0.25) is 4.68 Å². The van der Waals surface area contributed by atoms with Gasteiger partial charge in [-0.2, -0.15) is 5.10 Å². The van der Waals surface area contributed by atoms with Gasteiger partial charge >= 0.3 is 5.97 Å². The van der Waals surface area contributed by atoms with E-state index in [9.17, 15) is 14.3 Å². The molecular weight excluding hydrogens is 540 g/mol. The molecule has 0 saturated carbocycles. The van der Waals surface area contributed by atoms with Gasteiger partial charge in [0.1, 0.15) is 23.1 Å². The van der Waals surface area contributed by atoms with E-state index in [1.807, 2.05) is 32.2 Å². The van der Waals surface area contributed by atoms with Gasteiger partial charge in [-0.1, -0.05) is 19.1 Å². The lowest BCUT2D eigenvalue weighted by Gasteiger charge is -2.13. The number of carboxylic acids is 1. The summed E-state index contributed by atoms with van der Waals surface area (Å²) in [5, 5.41) is 17.4. The summed E-state index contributed by atoms with van der Waals surface area (Å²) in [5.41, 5.74) is 4.02. The number of benzene rings is 3. The Morgan fingerprint density at radius 3 is 2.74 bits per heavy atom. The number of hydrogen-bond donors (Lipinski definition) is 1. The molecule has 0 amide bonds. The van der Waals surface area contributed by atoms with E-state index in [4.69, 9.17) is 9.47 Å². The van der Waals surface area contributed by atoms with E-state index in [1.165, 1.54) is 18.2 Å². The number of aryl methyl sites for hydroxylation is 4. The Morgan fingerprint density at radius 2 is 1.93 bits per heavy atom. The molecule has 0 unspecified atom stereocenters. The summed E-state index contributed by atoms with van der Waals surface area (Å²) in [5.74, 6) is -1.12. The number of hydrogen-bond acceptors (Lipinski definition) is 4. The van der Waals surface area contributed by atoms with E-state index in [0.717, 1.165) is 34.0 Å². The number of rotatable bonds is 7. The Balaban J connectivity index is 1.42. The normalized spacial score (nSPS) is 13.7. The lowest BCUT2D eigenvalue weighted by Crippen LogP contribution is -2.12. The van der Waals surface area contributed by atoms with Crippen LogP contribution in [0.3, 0.4) is 0 Å². The van der Waals surface area contributed by atoms with Crippen LogP contribution < -0.4 is 4.74 Å². The fourth-order valence-corrected chi connectivity index (χ4v) is 6.20. The minimum absolute atomic E-state index is 0.182. The lowest BCUT2D eigenvalue weighted by molar-refractivity contribution is 0.0683. The molecule has 0 spiro atoms. The number of nitrogens with zero attached hydrogens (tertiary/aromatic N) is 3. The monoisotopic (exact) mass is 573 g/mol. The van der Waals surface area contributed by atoms with E-state index in [-0.39, 0.29) is 11.5 Å². The minimum atomic E-state index is -1.04. The molecule has 0 atom stereocenters. The number of ether oxygens (including phenoxy) is 2. The molecule has 9 heteroatoms. The van der Waals surface area contributed by atoms with Gasteiger partial charge in [0.05, 0.1) is 30.1 Å². The average Bonchev–Trinajstić information content (AvgIpc) is 3.45. The molecule has 3 aromatic carbocycles. The molecule has 3 heterocycles. The maximum absolute atomic E-state index is 15.9. The third kappa shape index (κ3) is 4.91. The van der Waals surface area contributed by atoms with Gasteiger partial charge in [-0.15, -0.1) is 0 Å². The second-order valence-electron chi connectivity index (χ2n) is 10.7. The van der Waals surface area contributed by atoms with Crippen LogP contribution in [0.5, 0.6) is 5.75 Å². The first-order chi connectivity index (χ1) is 20.4. The molecule has 1 aliphatic heterocycles. The average molecular weight is 574 g/mol. The molecule has 6 rings (SSSR count). The van der Waals surface area contributed by atoms with Crippen LogP contribution in [0.15, 0.2) is 48.5 Å². The lowest BCUT2D eigenvalue weighted by atomic mass is 9.96. The van der Waals surface area contributed by atoms with Gasteiger partial charge in [0, 0.05) is 42.1 Å². The molecule has 0 radical (unpaired) electrons. The van der Waals surface area contributed by atoms with Crippen LogP contribution in [0.4, 0.5) is 8.78 Å². The summed E-state index contributed by atoms with van der Waals surface area (Å²) in [6.45, 7) is 3.56. The third-order valence-electron chi connectivity index (χ3n) is 8.09. The van der Waals surface area contributed by atoms with Gasteiger partial charge in [0.15, 0.2) is 0 Å². The first kappa shape index (κ1) is 27.9. The number of fused-ring (bicyclic) bond motifs is 3. The fourth-order valence-electron chi connectivity index (χ4n) is 6.20. The van der Waals surface area contributed by atoms with Crippen molar-refractivity contribution in [3.8, 4) is 16.9 Å². The first-order valence-electron chi connectivity index (χ1n) is 14.4. The summed E-state index contributed by atoms with van der Waals surface area (Å²) >= 11 is 0. The van der Waals surface area contributed by atoms with Crippen LogP contribution in [-0.4, -0.2) is 38.6 Å². The van der Waals surface area contributed by atoms with Crippen molar-refractivity contribution >= 4 is 27.6 Å². The molecule has 5 aromatic rings. The van der Waals surface area contributed by atoms with Gasteiger partial charge in [0.2, 0.25) is 0 Å². The largest absolute Gasteiger partial charge is 0.493 e. The molecule has 1 N–H and O–H groups in total. The number of aromatic carboxylic acids is 1. The zero-order valence-corrected chi connectivity index (χ0v) is 23.8. The zero-order valence-electron chi connectivity index (χ0n) is 23.8. The highest BCUT2D eigenvalue weighted by Gasteiger charge is 2.29. The minimum Gasteiger partial charge on any atom is -0.493 e. The van der Waals surface area contributed by atoms with Crippen molar-refractivity contribution in [2.75, 3.05) is 13.2 Å². The molecule has 1 aliphatic rings. The SMILES string of the molecule is CCc1nn(C)c2c1-c1c(F)ccc3c(CCCOc4cccc5cc(F)ccc45)c(C(=O)O)n(c13)CCCCOC2. The summed E-state index contributed by atoms with van der Waals surface area (Å²) in [7, 11) is 1.83. The summed E-state index contributed by atoms with van der Waals surface area (Å²) in [6.07, 6.45) is 3.00. The summed E-state index contributed by atoms with van der Waals surface area (Å²) in [4.78, 5) is 12.8. The second-order valence-corrected chi connectivity index (χ2v) is 10.7. The topological polar surface area (TPSA) is 78.5 Å². The maximum atomic E-state index is 15.9. The Hall–Kier alpha value is -4.24. The van der Waals surface area contributed by atoms with Crippen molar-refractivity contribution < 1.29 is 28.2 Å². The predicted molar refractivity (Wildman–Crippen MR) is 157 cm³/mol. The molecule has 218 valence electrons. The van der Waals surface area contributed by atoms with Crippen LogP contribution in [-0.2, 0) is 37.8 Å². The molecule has 0 aliphatic carbocycles. The fraction of sp³-hybridized carbons (Fsp3) is 0.333. The van der Waals surface area contributed by atoms with Crippen LogP contribution >= 0.6 is 0 Å². The maximum Gasteiger partial charge on any atom is 0.352 e. The Kier molecular flexibility index (Phi) is 7.68. The van der Waals surface area contributed by atoms with Crippen LogP contribution in [0.25, 0.3) is 32.8 Å². The van der Waals surface area contributed by atoms with Crippen molar-refractivity contribution in [1.82, 2.24) is 14.3 Å². The highest BCUT2D eigenvalue weighted by Crippen LogP contribution is 2.41. The molecule has 2 aromatic heterocycles. The van der Waals surface area contributed by atoms with Crippen molar-refractivity contribution in [1.29, 1.82) is 0 Å². The first-order valence-corrected chi connectivity index (χ1v) is 14.4. The summed E-state index contributed by atoms with van der Waals surface area (Å²) in [6, 6.07) is 13.2. The zero-order chi connectivity index (χ0) is 29.4. The molecule has 0 saturated heterocycles. The van der Waals surface area contributed by atoms with Crippen molar-refractivity contribution in [2.45, 2.75) is 52.2 Å². The van der Waals surface area contributed by atoms with Gasteiger partial charge in [-0.25, -0.2) is 13.6 Å². The number of halogens is 2. The Labute approximate surface area is 242 Å². The number of carboxylic acid groups (broad SMARTS) is 1. The molecule has 42 heavy (non-hydrogen) atoms. The second kappa shape index (κ2) is 11.6. The van der Waals surface area contributed by atoms with E-state index < -0.39 is 11.8 Å². The van der Waals surface area contributed by atoms with Crippen LogP contribution in [0.1, 0.15) is 53.6 Å². The third-order valence-corrected chi connectivity index (χ3v) is 8.09. The van der Waals surface area contributed by atoms with Crippen LogP contribution in [0.2, 0.25) is 0 Å². The van der Waals surface area contributed by atoms with Crippen molar-refractivity contribution in [2.24, 2.45) is 7.05 Å². The smallest absolute Gasteiger partial charge is 0.352 e. The Bertz CT molecular complexity index is 1810. The molecule has 7 nitrogen and oxygen atoms in total. The summed E-state index contributed by atoms with van der Waals surface area (Å²) < 4.78 is 45.1. The molecule has 0 bridgehead atoms.